The molecule has 1 aromatic carbocycles. The molecule has 1 unspecified atom stereocenters. The number of carbonyl (C=O) groups excluding carboxylic acids is 1. The van der Waals surface area contributed by atoms with E-state index >= 15 is 0 Å². The second-order valence-corrected chi connectivity index (χ2v) is 6.63. The largest absolute Gasteiger partial charge is 0.310 e. The van der Waals surface area contributed by atoms with Crippen LogP contribution >= 0.6 is 0 Å². The van der Waals surface area contributed by atoms with Crippen LogP contribution in [0.5, 0.6) is 0 Å². The first-order valence-corrected chi connectivity index (χ1v) is 8.91. The minimum atomic E-state index is -0.292. The summed E-state index contributed by atoms with van der Waals surface area (Å²) < 4.78 is 0. The first-order valence-electron chi connectivity index (χ1n) is 8.91. The summed E-state index contributed by atoms with van der Waals surface area (Å²) in [5, 5.41) is 0. The highest BCUT2D eigenvalue weighted by Crippen LogP contribution is 2.36. The predicted octanol–water partition coefficient (Wildman–Crippen LogP) is 4.18. The number of aryl methyl sites for hydroxylation is 1. The van der Waals surface area contributed by atoms with Crippen molar-refractivity contribution in [3.05, 3.63) is 53.1 Å². The SMILES string of the molecule is CC/C=C\C=C/CC1=NC(C)C(=O)N2CCc3ccc(C)c(c32)C1. The Bertz CT molecular complexity index is 728. The summed E-state index contributed by atoms with van der Waals surface area (Å²) in [5.41, 5.74) is 6.10. The molecule has 3 rings (SSSR count). The van der Waals surface area contributed by atoms with Crippen LogP contribution in [0.3, 0.4) is 0 Å². The molecule has 1 aromatic rings. The Kier molecular flexibility index (Phi) is 4.98. The number of rotatable bonds is 4. The van der Waals surface area contributed by atoms with Gasteiger partial charge >= 0.3 is 0 Å². The third kappa shape index (κ3) is 3.21. The van der Waals surface area contributed by atoms with Crippen LogP contribution in [-0.2, 0) is 17.6 Å². The minimum Gasteiger partial charge on any atom is -0.310 e. The van der Waals surface area contributed by atoms with Gasteiger partial charge in [0, 0.05) is 25.1 Å². The average molecular weight is 322 g/mol. The molecule has 2 heterocycles. The van der Waals surface area contributed by atoms with Crippen LogP contribution in [-0.4, -0.2) is 24.2 Å². The molecule has 2 aliphatic rings. The Balaban J connectivity index is 1.93. The van der Waals surface area contributed by atoms with Crippen molar-refractivity contribution in [2.45, 2.75) is 52.5 Å². The summed E-state index contributed by atoms with van der Waals surface area (Å²) in [6.45, 7) is 6.98. The van der Waals surface area contributed by atoms with E-state index in [0.29, 0.717) is 0 Å². The quantitative estimate of drug-likeness (QED) is 0.765. The molecule has 0 bridgehead atoms. The van der Waals surface area contributed by atoms with Crippen LogP contribution in [0.15, 0.2) is 41.4 Å². The maximum absolute atomic E-state index is 12.8. The molecule has 0 radical (unpaired) electrons. The molecule has 0 saturated carbocycles. The number of aliphatic imine (C=N–C) groups is 1. The van der Waals surface area contributed by atoms with Crippen molar-refractivity contribution in [3.63, 3.8) is 0 Å². The standard InChI is InChI=1S/C21H26N2O/c1-4-5-6-7-8-9-18-14-19-15(2)10-11-17-12-13-23(20(17)19)21(24)16(3)22-18/h5-8,10-11,16H,4,9,12-14H2,1-3H3/b6-5-,8-7-,22-18?. The number of carbonyl (C=O) groups is 1. The average Bonchev–Trinajstić information content (AvgIpc) is 2.99. The number of anilines is 1. The summed E-state index contributed by atoms with van der Waals surface area (Å²) in [7, 11) is 0. The van der Waals surface area contributed by atoms with Crippen LogP contribution in [0.4, 0.5) is 5.69 Å². The Morgan fingerprint density at radius 3 is 2.88 bits per heavy atom. The highest BCUT2D eigenvalue weighted by atomic mass is 16.2. The van der Waals surface area contributed by atoms with Crippen molar-refractivity contribution in [1.29, 1.82) is 0 Å². The Morgan fingerprint density at radius 2 is 2.08 bits per heavy atom. The maximum atomic E-state index is 12.8. The van der Waals surface area contributed by atoms with E-state index in [2.05, 4.69) is 50.3 Å². The van der Waals surface area contributed by atoms with Gasteiger partial charge in [0.15, 0.2) is 0 Å². The van der Waals surface area contributed by atoms with E-state index in [9.17, 15) is 4.79 Å². The van der Waals surface area contributed by atoms with E-state index in [4.69, 9.17) is 4.99 Å². The number of hydrogen-bond acceptors (Lipinski definition) is 2. The van der Waals surface area contributed by atoms with Crippen LogP contribution in [0.25, 0.3) is 0 Å². The van der Waals surface area contributed by atoms with Crippen molar-refractivity contribution >= 4 is 17.3 Å². The molecule has 0 aliphatic carbocycles. The normalized spacial score (nSPS) is 20.5. The monoisotopic (exact) mass is 322 g/mol. The van der Waals surface area contributed by atoms with Crippen LogP contribution in [0.2, 0.25) is 0 Å². The van der Waals surface area contributed by atoms with E-state index in [1.165, 1.54) is 16.7 Å². The zero-order valence-electron chi connectivity index (χ0n) is 14.9. The predicted molar refractivity (Wildman–Crippen MR) is 101 cm³/mol. The lowest BCUT2D eigenvalue weighted by atomic mass is 9.95. The van der Waals surface area contributed by atoms with E-state index in [0.717, 1.165) is 43.6 Å². The molecule has 0 spiro atoms. The van der Waals surface area contributed by atoms with Crippen molar-refractivity contribution in [2.24, 2.45) is 4.99 Å². The second-order valence-electron chi connectivity index (χ2n) is 6.63. The minimum absolute atomic E-state index is 0.132. The second kappa shape index (κ2) is 7.16. The molecule has 126 valence electrons. The highest BCUT2D eigenvalue weighted by molar-refractivity contribution is 6.04. The van der Waals surface area contributed by atoms with Crippen molar-refractivity contribution in [2.75, 3.05) is 11.4 Å². The summed E-state index contributed by atoms with van der Waals surface area (Å²) in [4.78, 5) is 19.5. The van der Waals surface area contributed by atoms with Gasteiger partial charge in [-0.1, -0.05) is 43.4 Å². The van der Waals surface area contributed by atoms with E-state index < -0.39 is 0 Å². The lowest BCUT2D eigenvalue weighted by Gasteiger charge is -2.26. The molecule has 0 fully saturated rings. The first-order chi connectivity index (χ1) is 11.6. The van der Waals surface area contributed by atoms with E-state index in [-0.39, 0.29) is 11.9 Å². The fourth-order valence-corrected chi connectivity index (χ4v) is 3.54. The van der Waals surface area contributed by atoms with Gasteiger partial charge in [-0.15, -0.1) is 0 Å². The van der Waals surface area contributed by atoms with Gasteiger partial charge in [-0.05, 0) is 43.4 Å². The fourth-order valence-electron chi connectivity index (χ4n) is 3.54. The molecule has 3 heteroatoms. The fraction of sp³-hybridized carbons (Fsp3) is 0.429. The van der Waals surface area contributed by atoms with Crippen LogP contribution in [0.1, 0.15) is 43.4 Å². The molecule has 2 aliphatic heterocycles. The Labute approximate surface area is 144 Å². The zero-order valence-corrected chi connectivity index (χ0v) is 14.9. The van der Waals surface area contributed by atoms with Gasteiger partial charge in [-0.2, -0.15) is 0 Å². The lowest BCUT2D eigenvalue weighted by molar-refractivity contribution is -0.119. The molecule has 0 saturated heterocycles. The molecule has 24 heavy (non-hydrogen) atoms. The molecule has 1 amide bonds. The lowest BCUT2D eigenvalue weighted by Crippen LogP contribution is -2.38. The van der Waals surface area contributed by atoms with Gasteiger partial charge in [0.05, 0.1) is 5.69 Å². The molecule has 0 aromatic heterocycles. The van der Waals surface area contributed by atoms with E-state index in [1.807, 2.05) is 11.8 Å². The summed E-state index contributed by atoms with van der Waals surface area (Å²) in [6, 6.07) is 4.07. The number of allylic oxidation sites excluding steroid dienone is 4. The zero-order chi connectivity index (χ0) is 17.1. The van der Waals surface area contributed by atoms with Gasteiger partial charge in [-0.25, -0.2) is 0 Å². The topological polar surface area (TPSA) is 32.7 Å². The molecular weight excluding hydrogens is 296 g/mol. The van der Waals surface area contributed by atoms with Gasteiger partial charge in [0.25, 0.3) is 5.91 Å². The van der Waals surface area contributed by atoms with Gasteiger partial charge < -0.3 is 4.90 Å². The number of benzene rings is 1. The molecule has 0 N–H and O–H groups in total. The highest BCUT2D eigenvalue weighted by Gasteiger charge is 2.32. The van der Waals surface area contributed by atoms with Crippen LogP contribution in [0, 0.1) is 6.92 Å². The van der Waals surface area contributed by atoms with Gasteiger partial charge in [0.2, 0.25) is 0 Å². The van der Waals surface area contributed by atoms with Gasteiger partial charge in [-0.3, -0.25) is 9.79 Å². The molecule has 3 nitrogen and oxygen atoms in total. The number of hydrogen-bond donors (Lipinski definition) is 0. The van der Waals surface area contributed by atoms with E-state index in [1.54, 1.807) is 0 Å². The Hall–Kier alpha value is -2.16. The summed E-state index contributed by atoms with van der Waals surface area (Å²) in [5.74, 6) is 0.132. The maximum Gasteiger partial charge on any atom is 0.251 e. The third-order valence-electron chi connectivity index (χ3n) is 4.83. The number of nitrogens with zero attached hydrogens (tertiary/aromatic N) is 2. The molecular formula is C21H26N2O. The number of amides is 1. The first kappa shape index (κ1) is 16.7. The summed E-state index contributed by atoms with van der Waals surface area (Å²) >= 11 is 0. The van der Waals surface area contributed by atoms with Crippen LogP contribution < -0.4 is 4.90 Å². The van der Waals surface area contributed by atoms with Gasteiger partial charge in [0.1, 0.15) is 6.04 Å². The Morgan fingerprint density at radius 1 is 1.29 bits per heavy atom. The summed E-state index contributed by atoms with van der Waals surface area (Å²) in [6.07, 6.45) is 12.1. The van der Waals surface area contributed by atoms with Crippen molar-refractivity contribution in [3.8, 4) is 0 Å². The van der Waals surface area contributed by atoms with Crippen molar-refractivity contribution in [1.82, 2.24) is 0 Å². The van der Waals surface area contributed by atoms with Crippen molar-refractivity contribution < 1.29 is 4.79 Å². The molecule has 1 atom stereocenters. The smallest absolute Gasteiger partial charge is 0.251 e. The third-order valence-corrected chi connectivity index (χ3v) is 4.83.